The predicted octanol–water partition coefficient (Wildman–Crippen LogP) is 9.14. The summed E-state index contributed by atoms with van der Waals surface area (Å²) >= 11 is 0. The summed E-state index contributed by atoms with van der Waals surface area (Å²) in [5.41, 5.74) is 8.10. The molecule has 0 radical (unpaired) electrons. The summed E-state index contributed by atoms with van der Waals surface area (Å²) < 4.78 is 28.4. The molecule has 2 atom stereocenters. The van der Waals surface area contributed by atoms with Crippen LogP contribution in [0.15, 0.2) is 188 Å². The van der Waals surface area contributed by atoms with Crippen LogP contribution in [0.2, 0.25) is 0 Å². The summed E-state index contributed by atoms with van der Waals surface area (Å²) in [6.07, 6.45) is 12.5. The number of aryl methyl sites for hydroxylation is 1. The molecule has 8 aromatic rings. The molecule has 6 heteroatoms. The van der Waals surface area contributed by atoms with E-state index in [0.29, 0.717) is 11.4 Å². The number of fused-ring (bicyclic) bond motifs is 4. The van der Waals surface area contributed by atoms with Crippen molar-refractivity contribution in [2.75, 3.05) is 4.90 Å². The number of aromatic nitrogens is 3. The fourth-order valence-corrected chi connectivity index (χ4v) is 13.7. The Hall–Kier alpha value is -5.87. The number of para-hydroxylation sites is 2. The molecule has 0 N–H and O–H groups in total. The molecular weight excluding hydrogens is 904 g/mol. The number of hydrogen-bond donors (Lipinski definition) is 0. The summed E-state index contributed by atoms with van der Waals surface area (Å²) in [5, 5.41) is 4.53. The van der Waals surface area contributed by atoms with Crippen molar-refractivity contribution in [2.24, 2.45) is 6.98 Å². The molecular formula is C52H43N4PtSi-. The summed E-state index contributed by atoms with van der Waals surface area (Å²) in [6.45, 7) is 2.14. The first-order chi connectivity index (χ1) is 29.2. The minimum atomic E-state index is -3.19. The minimum absolute atomic E-state index is 0. The van der Waals surface area contributed by atoms with Gasteiger partial charge in [0, 0.05) is 56.2 Å². The number of imidazole rings is 1. The van der Waals surface area contributed by atoms with Gasteiger partial charge in [-0.05, 0) is 63.2 Å². The van der Waals surface area contributed by atoms with E-state index in [9.17, 15) is 0 Å². The van der Waals surface area contributed by atoms with E-state index < -0.39 is 15.0 Å². The molecule has 0 saturated carbocycles. The fraction of sp³-hybridized carbons (Fsp3) is 0.115. The third-order valence-corrected chi connectivity index (χ3v) is 16.3. The molecule has 1 aliphatic heterocycles. The Kier molecular flexibility index (Phi) is 9.12. The van der Waals surface area contributed by atoms with Gasteiger partial charge in [0.15, 0.2) is 17.4 Å². The van der Waals surface area contributed by atoms with Gasteiger partial charge in [-0.3, -0.25) is 0 Å². The van der Waals surface area contributed by atoms with Crippen LogP contribution >= 0.6 is 0 Å². The van der Waals surface area contributed by atoms with Crippen LogP contribution in [0, 0.1) is 12.1 Å². The summed E-state index contributed by atoms with van der Waals surface area (Å²) in [5.74, 6) is 1.39. The molecule has 3 heterocycles. The number of anilines is 2. The topological polar surface area (TPSA) is 26.0 Å². The minimum Gasteiger partial charge on any atom is -0.343 e. The van der Waals surface area contributed by atoms with Crippen LogP contribution in [0.5, 0.6) is 0 Å². The molecule has 4 nitrogen and oxygen atoms in total. The molecule has 0 spiro atoms. The third kappa shape index (κ3) is 6.16. The van der Waals surface area contributed by atoms with E-state index in [0.717, 1.165) is 38.6 Å². The van der Waals surface area contributed by atoms with Gasteiger partial charge in [0.1, 0.15) is 13.9 Å². The predicted molar refractivity (Wildman–Crippen MR) is 239 cm³/mol. The zero-order chi connectivity index (χ0) is 41.0. The molecule has 0 saturated heterocycles. The second-order valence-electron chi connectivity index (χ2n) is 15.3. The molecule has 286 valence electrons. The van der Waals surface area contributed by atoms with E-state index in [1.807, 2.05) is 41.1 Å². The molecule has 1 aliphatic carbocycles. The van der Waals surface area contributed by atoms with Gasteiger partial charge in [-0.2, -0.15) is 35.5 Å². The number of pyridine rings is 1. The average molecular weight is 950 g/mol. The Morgan fingerprint density at radius 2 is 1.40 bits per heavy atom. The summed E-state index contributed by atoms with van der Waals surface area (Å²) in [7, 11) is -3.19. The maximum Gasteiger partial charge on any atom is 0.188 e. The smallest absolute Gasteiger partial charge is 0.188 e. The Morgan fingerprint density at radius 1 is 0.707 bits per heavy atom. The number of nitrogens with zero attached hydrogens (tertiary/aromatic N) is 4. The van der Waals surface area contributed by atoms with Gasteiger partial charge in [-0.25, -0.2) is 14.1 Å². The Morgan fingerprint density at radius 3 is 2.16 bits per heavy atom. The van der Waals surface area contributed by atoms with Crippen molar-refractivity contribution >= 4 is 51.4 Å². The summed E-state index contributed by atoms with van der Waals surface area (Å²) in [4.78, 5) is 7.46. The molecule has 10 rings (SSSR count). The molecule has 0 fully saturated rings. The van der Waals surface area contributed by atoms with E-state index in [2.05, 4.69) is 177 Å². The maximum absolute atomic E-state index is 8.35. The molecule has 2 unspecified atom stereocenters. The van der Waals surface area contributed by atoms with E-state index >= 15 is 0 Å². The van der Waals surface area contributed by atoms with Crippen LogP contribution in [0.1, 0.15) is 40.9 Å². The van der Waals surface area contributed by atoms with Crippen LogP contribution in [0.4, 0.5) is 11.5 Å². The summed E-state index contributed by atoms with van der Waals surface area (Å²) in [6, 6.07) is 61.3. The van der Waals surface area contributed by atoms with Gasteiger partial charge < -0.3 is 4.90 Å². The van der Waals surface area contributed by atoms with Crippen LogP contribution in [0.25, 0.3) is 27.8 Å². The number of rotatable bonds is 8. The van der Waals surface area contributed by atoms with Crippen LogP contribution in [-0.2, 0) is 28.0 Å². The standard InChI is InChI=1S/C52H43N4Si.Pt/c1-37(2)44-23-10-11-24-45(44)38-31-32-53-52(33-38)56-48-26-13-12-25-46(48)47-30-29-43(35-51(47)56)57(40-18-6-4-7-19-40,41-20-8-5-9-21-41)42-22-16-17-39(34-42)55-36-54(3)49-27-14-15-28-50(49)55;/h4-33,36-37,46,48H,1-3H3;/q-1;/i3D3;. The first kappa shape index (κ1) is 34.2. The van der Waals surface area contributed by atoms with Crippen molar-refractivity contribution in [3.8, 4) is 16.8 Å². The number of hydrogen-bond acceptors (Lipinski definition) is 2. The zero-order valence-electron chi connectivity index (χ0n) is 35.2. The Balaban J connectivity index is 0.00000476. The monoisotopic (exact) mass is 949 g/mol. The van der Waals surface area contributed by atoms with Gasteiger partial charge in [0.25, 0.3) is 0 Å². The van der Waals surface area contributed by atoms with Crippen molar-refractivity contribution in [3.63, 3.8) is 0 Å². The second-order valence-corrected chi connectivity index (χ2v) is 19.0. The Bertz CT molecular complexity index is 2900. The third-order valence-electron chi connectivity index (χ3n) is 11.7. The van der Waals surface area contributed by atoms with Gasteiger partial charge >= 0.3 is 0 Å². The van der Waals surface area contributed by atoms with Gasteiger partial charge in [0.2, 0.25) is 0 Å². The van der Waals surface area contributed by atoms with E-state index in [1.54, 1.807) is 6.33 Å². The quantitative estimate of drug-likeness (QED) is 0.0864. The largest absolute Gasteiger partial charge is 0.343 e. The van der Waals surface area contributed by atoms with E-state index in [1.165, 1.54) is 31.6 Å². The van der Waals surface area contributed by atoms with Crippen molar-refractivity contribution in [2.45, 2.75) is 31.7 Å². The molecule has 2 aromatic heterocycles. The van der Waals surface area contributed by atoms with Crippen LogP contribution in [0.3, 0.4) is 0 Å². The van der Waals surface area contributed by atoms with Crippen molar-refractivity contribution in [3.05, 3.63) is 212 Å². The first-order valence-electron chi connectivity index (χ1n) is 21.2. The Labute approximate surface area is 361 Å². The second kappa shape index (κ2) is 15.5. The average Bonchev–Trinajstić information content (AvgIpc) is 3.85. The molecule has 58 heavy (non-hydrogen) atoms. The van der Waals surface area contributed by atoms with Crippen molar-refractivity contribution in [1.29, 1.82) is 0 Å². The van der Waals surface area contributed by atoms with Crippen molar-refractivity contribution < 1.29 is 25.2 Å². The zero-order valence-corrected chi connectivity index (χ0v) is 35.5. The maximum atomic E-state index is 8.35. The van der Waals surface area contributed by atoms with Crippen LogP contribution < -0.4 is 25.6 Å². The SMILES string of the molecule is [2H]C([2H])([2H])n1[cH+]n(-c2[c-]c([Si](c3[c-]c4c(cc3)C3C=CC=CC3N4c3cc(-c4ccccc4C(C)C)ccn3)(c3ccccc3)c3ccccc3)ccc2)c2ccccc21.[Pt]. The van der Waals surface area contributed by atoms with Gasteiger partial charge in [-0.15, -0.1) is 22.9 Å². The molecule has 0 bridgehead atoms. The molecule has 6 aromatic carbocycles. The molecule has 0 amide bonds. The van der Waals surface area contributed by atoms with E-state index in [-0.39, 0.29) is 33.0 Å². The van der Waals surface area contributed by atoms with Gasteiger partial charge in [0.05, 0.1) is 6.04 Å². The van der Waals surface area contributed by atoms with E-state index in [4.69, 9.17) is 9.10 Å². The van der Waals surface area contributed by atoms with Crippen LogP contribution in [-0.4, -0.2) is 28.2 Å². The first-order valence-corrected chi connectivity index (χ1v) is 21.7. The normalized spacial score (nSPS) is 16.7. The number of benzene rings is 6. The fourth-order valence-electron chi connectivity index (χ4n) is 9.14. The van der Waals surface area contributed by atoms with Crippen molar-refractivity contribution in [1.82, 2.24) is 14.1 Å². The molecule has 2 aliphatic rings. The number of allylic oxidation sites excluding steroid dienone is 2. The van der Waals surface area contributed by atoms with Gasteiger partial charge in [-0.1, -0.05) is 129 Å².